The minimum absolute atomic E-state index is 0.0416. The standard InChI is InChI=1S/C43H52F3N7O4/c1-6-28-19-26(2)13-14-42(4,23-28)24-38(55)52-17-15-51(16-18-52)30-10-12-35(36(22-30)57-5)49-41-47-25-33-27(3)20-37(54)53(39(33)50-41)31-9-11-34(43(44,45)46)32(21-31)40(56)48-29-7-8-29/h9-12,20-22,25-26,28-29H,6-8,13-19,23-24H2,1-5H3,(H,48,56)(H,47,49,50). The highest BCUT2D eigenvalue weighted by Crippen LogP contribution is 2.44. The van der Waals surface area contributed by atoms with Crippen molar-refractivity contribution in [3.05, 3.63) is 75.7 Å². The first-order valence-electron chi connectivity index (χ1n) is 20.0. The van der Waals surface area contributed by atoms with Crippen LogP contribution in [0.15, 0.2) is 53.5 Å². The summed E-state index contributed by atoms with van der Waals surface area (Å²) in [5.41, 5.74) is 0.150. The van der Waals surface area contributed by atoms with Crippen molar-refractivity contribution in [1.29, 1.82) is 0 Å². The topological polar surface area (TPSA) is 122 Å². The Morgan fingerprint density at radius 2 is 1.75 bits per heavy atom. The molecule has 0 bridgehead atoms. The predicted octanol–water partition coefficient (Wildman–Crippen LogP) is 8.03. The second-order valence-electron chi connectivity index (χ2n) is 16.6. The van der Waals surface area contributed by atoms with Crippen LogP contribution in [0.4, 0.5) is 30.5 Å². The molecule has 3 fully saturated rings. The van der Waals surface area contributed by atoms with Crippen LogP contribution in [0.1, 0.15) is 93.6 Å². The molecule has 2 aliphatic carbocycles. The summed E-state index contributed by atoms with van der Waals surface area (Å²) in [5, 5.41) is 6.32. The summed E-state index contributed by atoms with van der Waals surface area (Å²) in [6.45, 7) is 11.3. The number of hydrogen-bond acceptors (Lipinski definition) is 8. The molecule has 57 heavy (non-hydrogen) atoms. The van der Waals surface area contributed by atoms with Gasteiger partial charge in [-0.25, -0.2) is 4.98 Å². The minimum atomic E-state index is -4.78. The Kier molecular flexibility index (Phi) is 11.3. The molecule has 7 rings (SSSR count). The maximum Gasteiger partial charge on any atom is 0.417 e. The van der Waals surface area contributed by atoms with Crippen LogP contribution in [-0.4, -0.2) is 70.6 Å². The molecule has 1 aliphatic heterocycles. The van der Waals surface area contributed by atoms with Crippen LogP contribution in [0.25, 0.3) is 16.7 Å². The number of halogens is 3. The van der Waals surface area contributed by atoms with Gasteiger partial charge in [-0.05, 0) is 92.2 Å². The van der Waals surface area contributed by atoms with Crippen molar-refractivity contribution in [2.45, 2.75) is 91.3 Å². The van der Waals surface area contributed by atoms with Crippen molar-refractivity contribution in [3.63, 3.8) is 0 Å². The molecular weight excluding hydrogens is 736 g/mol. The normalized spacial score (nSPS) is 21.6. The van der Waals surface area contributed by atoms with Gasteiger partial charge in [0.15, 0.2) is 5.65 Å². The van der Waals surface area contributed by atoms with Gasteiger partial charge in [0, 0.05) is 68.0 Å². The first-order valence-corrected chi connectivity index (χ1v) is 20.0. The third kappa shape index (κ3) is 8.89. The van der Waals surface area contributed by atoms with Gasteiger partial charge in [-0.15, -0.1) is 0 Å². The molecule has 2 aromatic carbocycles. The Balaban J connectivity index is 1.09. The minimum Gasteiger partial charge on any atom is -0.494 e. The summed E-state index contributed by atoms with van der Waals surface area (Å²) in [7, 11) is 1.56. The van der Waals surface area contributed by atoms with Gasteiger partial charge in [-0.3, -0.25) is 19.0 Å². The molecule has 2 N–H and O–H groups in total. The second kappa shape index (κ2) is 16.0. The maximum absolute atomic E-state index is 14.0. The van der Waals surface area contributed by atoms with E-state index in [-0.39, 0.29) is 34.6 Å². The molecule has 2 saturated carbocycles. The predicted molar refractivity (Wildman–Crippen MR) is 215 cm³/mol. The lowest BCUT2D eigenvalue weighted by Crippen LogP contribution is -2.49. The van der Waals surface area contributed by atoms with Gasteiger partial charge in [0.1, 0.15) is 5.75 Å². The number of carbonyl (C=O) groups excluding carboxylic acids is 2. The van der Waals surface area contributed by atoms with Gasteiger partial charge in [-0.2, -0.15) is 18.2 Å². The molecule has 0 radical (unpaired) electrons. The van der Waals surface area contributed by atoms with Crippen molar-refractivity contribution in [3.8, 4) is 11.4 Å². The number of pyridine rings is 1. The number of benzene rings is 2. The lowest BCUT2D eigenvalue weighted by atomic mass is 9.75. The highest BCUT2D eigenvalue weighted by molar-refractivity contribution is 5.97. The number of ether oxygens (including phenoxy) is 1. The van der Waals surface area contributed by atoms with Crippen LogP contribution in [0.3, 0.4) is 0 Å². The first kappa shape index (κ1) is 40.1. The Morgan fingerprint density at radius 3 is 2.44 bits per heavy atom. The van der Waals surface area contributed by atoms with E-state index in [0.29, 0.717) is 79.7 Å². The zero-order chi connectivity index (χ0) is 40.6. The lowest BCUT2D eigenvalue weighted by Gasteiger charge is -2.38. The van der Waals surface area contributed by atoms with E-state index < -0.39 is 28.8 Å². The molecule has 3 unspecified atom stereocenters. The van der Waals surface area contributed by atoms with E-state index in [9.17, 15) is 27.6 Å². The van der Waals surface area contributed by atoms with Gasteiger partial charge in [0.05, 0.1) is 29.6 Å². The molecule has 2 aromatic heterocycles. The number of amides is 2. The Bertz CT molecular complexity index is 2210. The van der Waals surface area contributed by atoms with E-state index in [1.807, 2.05) is 23.1 Å². The number of rotatable bonds is 10. The number of alkyl halides is 3. The fourth-order valence-electron chi connectivity index (χ4n) is 8.59. The fraction of sp³-hybridized carbons (Fsp3) is 0.512. The van der Waals surface area contributed by atoms with Crippen molar-refractivity contribution in [2.75, 3.05) is 43.5 Å². The Labute approximate surface area is 331 Å². The molecular formula is C43H52F3N7O4. The second-order valence-corrected chi connectivity index (χ2v) is 16.6. The molecule has 3 heterocycles. The van der Waals surface area contributed by atoms with Gasteiger partial charge < -0.3 is 25.2 Å². The average Bonchev–Trinajstić information content (AvgIpc) is 4.02. The average molecular weight is 788 g/mol. The lowest BCUT2D eigenvalue weighted by molar-refractivity contribution is -0.138. The number of piperazine rings is 1. The highest BCUT2D eigenvalue weighted by Gasteiger charge is 2.38. The van der Waals surface area contributed by atoms with Crippen LogP contribution in [0, 0.1) is 24.2 Å². The van der Waals surface area contributed by atoms with Gasteiger partial charge in [0.25, 0.3) is 11.5 Å². The zero-order valence-electron chi connectivity index (χ0n) is 33.3. The number of carbonyl (C=O) groups is 2. The van der Waals surface area contributed by atoms with Crippen molar-refractivity contribution < 1.29 is 27.5 Å². The first-order chi connectivity index (χ1) is 27.1. The Hall–Kier alpha value is -5.14. The summed E-state index contributed by atoms with van der Waals surface area (Å²) in [6.07, 6.45) is 4.57. The quantitative estimate of drug-likeness (QED) is 0.155. The molecule has 1 saturated heterocycles. The SMILES string of the molecule is CCC1CC(C)CCC(C)(CC(=O)N2CCN(c3ccc(Nc4ncc5c(C)cc(=O)n(-c6ccc(C(F)(F)F)c(C(=O)NC7CC7)c6)c5n4)c(OC)c3)CC2)C1. The van der Waals surface area contributed by atoms with E-state index in [4.69, 9.17) is 4.74 Å². The van der Waals surface area contributed by atoms with E-state index in [2.05, 4.69) is 46.3 Å². The zero-order valence-corrected chi connectivity index (χ0v) is 33.3. The number of fused-ring (bicyclic) bond motifs is 1. The summed E-state index contributed by atoms with van der Waals surface area (Å²) in [5.74, 6) is 1.43. The fourth-order valence-corrected chi connectivity index (χ4v) is 8.59. The number of methoxy groups -OCH3 is 1. The summed E-state index contributed by atoms with van der Waals surface area (Å²) in [6, 6.07) is 9.98. The summed E-state index contributed by atoms with van der Waals surface area (Å²) in [4.78, 5) is 53.4. The largest absolute Gasteiger partial charge is 0.494 e. The van der Waals surface area contributed by atoms with E-state index >= 15 is 0 Å². The molecule has 3 aliphatic rings. The number of aromatic nitrogens is 3. The highest BCUT2D eigenvalue weighted by atomic mass is 19.4. The third-order valence-corrected chi connectivity index (χ3v) is 12.0. The van der Waals surface area contributed by atoms with Gasteiger partial charge >= 0.3 is 6.18 Å². The number of aryl methyl sites for hydroxylation is 1. The molecule has 0 spiro atoms. The number of anilines is 3. The monoisotopic (exact) mass is 787 g/mol. The van der Waals surface area contributed by atoms with Crippen molar-refractivity contribution >= 4 is 40.2 Å². The third-order valence-electron chi connectivity index (χ3n) is 12.0. The molecule has 14 heteroatoms. The van der Waals surface area contributed by atoms with Crippen molar-refractivity contribution in [1.82, 2.24) is 24.8 Å². The number of nitrogens with one attached hydrogen (secondary N) is 2. The molecule has 11 nitrogen and oxygen atoms in total. The Morgan fingerprint density at radius 1 is 1.02 bits per heavy atom. The van der Waals surface area contributed by atoms with E-state index in [1.165, 1.54) is 29.5 Å². The van der Waals surface area contributed by atoms with E-state index in [0.717, 1.165) is 37.1 Å². The van der Waals surface area contributed by atoms with Crippen LogP contribution in [-0.2, 0) is 11.0 Å². The van der Waals surface area contributed by atoms with Crippen LogP contribution < -0.4 is 25.8 Å². The van der Waals surface area contributed by atoms with Gasteiger partial charge in [0.2, 0.25) is 11.9 Å². The van der Waals surface area contributed by atoms with Crippen LogP contribution in [0.2, 0.25) is 0 Å². The maximum atomic E-state index is 14.0. The number of hydrogen-bond donors (Lipinski definition) is 2. The molecule has 3 atom stereocenters. The van der Waals surface area contributed by atoms with Crippen LogP contribution >= 0.6 is 0 Å². The molecule has 4 aromatic rings. The summed E-state index contributed by atoms with van der Waals surface area (Å²) >= 11 is 0. The number of nitrogens with zero attached hydrogens (tertiary/aromatic N) is 5. The van der Waals surface area contributed by atoms with E-state index in [1.54, 1.807) is 20.2 Å². The summed E-state index contributed by atoms with van der Waals surface area (Å²) < 4.78 is 48.9. The van der Waals surface area contributed by atoms with Crippen LogP contribution in [0.5, 0.6) is 5.75 Å². The molecule has 304 valence electrons. The van der Waals surface area contributed by atoms with Gasteiger partial charge in [-0.1, -0.05) is 33.6 Å². The van der Waals surface area contributed by atoms with Crippen molar-refractivity contribution in [2.24, 2.45) is 17.3 Å². The smallest absolute Gasteiger partial charge is 0.417 e. The molecule has 2 amide bonds.